The molecule has 1 saturated heterocycles. The first-order valence-electron chi connectivity index (χ1n) is 6.53. The predicted molar refractivity (Wildman–Crippen MR) is 65.5 cm³/mol. The number of likely N-dealkylation sites (tertiary alicyclic amines) is 1. The van der Waals surface area contributed by atoms with Crippen molar-refractivity contribution in [3.63, 3.8) is 0 Å². The standard InChI is InChI=1S/C13H25NO2/c1-11(2)12-6-9-14(10-7-12)8-4-3-5-13(15)16/h11-12H,3-10H2,1-2H3,(H,15,16). The Morgan fingerprint density at radius 3 is 2.44 bits per heavy atom. The fourth-order valence-electron chi connectivity index (χ4n) is 2.45. The third-order valence-corrected chi connectivity index (χ3v) is 3.69. The number of carboxylic acid groups (broad SMARTS) is 1. The van der Waals surface area contributed by atoms with Crippen LogP contribution in [-0.2, 0) is 4.79 Å². The van der Waals surface area contributed by atoms with Crippen molar-refractivity contribution in [3.8, 4) is 0 Å². The van der Waals surface area contributed by atoms with E-state index in [0.29, 0.717) is 6.42 Å². The summed E-state index contributed by atoms with van der Waals surface area (Å²) < 4.78 is 0. The lowest BCUT2D eigenvalue weighted by Gasteiger charge is -2.33. The number of carbonyl (C=O) groups is 1. The zero-order valence-electron chi connectivity index (χ0n) is 10.6. The van der Waals surface area contributed by atoms with Crippen molar-refractivity contribution in [3.05, 3.63) is 0 Å². The van der Waals surface area contributed by atoms with Crippen LogP contribution in [-0.4, -0.2) is 35.6 Å². The van der Waals surface area contributed by atoms with Crippen molar-refractivity contribution in [2.75, 3.05) is 19.6 Å². The van der Waals surface area contributed by atoms with Gasteiger partial charge in [-0.25, -0.2) is 0 Å². The minimum atomic E-state index is -0.668. The van der Waals surface area contributed by atoms with Crippen molar-refractivity contribution in [1.82, 2.24) is 4.90 Å². The van der Waals surface area contributed by atoms with Crippen molar-refractivity contribution >= 4 is 5.97 Å². The van der Waals surface area contributed by atoms with Crippen LogP contribution in [0.5, 0.6) is 0 Å². The maximum absolute atomic E-state index is 10.4. The van der Waals surface area contributed by atoms with Gasteiger partial charge in [-0.1, -0.05) is 13.8 Å². The average Bonchev–Trinajstić information content (AvgIpc) is 2.25. The molecule has 3 nitrogen and oxygen atoms in total. The Hall–Kier alpha value is -0.570. The fraction of sp³-hybridized carbons (Fsp3) is 0.923. The van der Waals surface area contributed by atoms with E-state index in [1.807, 2.05) is 0 Å². The molecule has 0 aromatic rings. The van der Waals surface area contributed by atoms with Crippen LogP contribution in [0.25, 0.3) is 0 Å². The summed E-state index contributed by atoms with van der Waals surface area (Å²) >= 11 is 0. The molecule has 0 bridgehead atoms. The Balaban J connectivity index is 2.06. The van der Waals surface area contributed by atoms with Gasteiger partial charge in [0.2, 0.25) is 0 Å². The fourth-order valence-corrected chi connectivity index (χ4v) is 2.45. The summed E-state index contributed by atoms with van der Waals surface area (Å²) in [5.41, 5.74) is 0. The molecule has 0 saturated carbocycles. The summed E-state index contributed by atoms with van der Waals surface area (Å²) in [5.74, 6) is 1.04. The second-order valence-electron chi connectivity index (χ2n) is 5.27. The Morgan fingerprint density at radius 2 is 1.94 bits per heavy atom. The van der Waals surface area contributed by atoms with E-state index in [1.165, 1.54) is 25.9 Å². The Labute approximate surface area is 98.8 Å². The van der Waals surface area contributed by atoms with Crippen LogP contribution in [0.4, 0.5) is 0 Å². The monoisotopic (exact) mass is 227 g/mol. The van der Waals surface area contributed by atoms with Crippen molar-refractivity contribution in [1.29, 1.82) is 0 Å². The van der Waals surface area contributed by atoms with Crippen LogP contribution in [0.15, 0.2) is 0 Å². The van der Waals surface area contributed by atoms with Crippen LogP contribution in [0.3, 0.4) is 0 Å². The van der Waals surface area contributed by atoms with Gasteiger partial charge < -0.3 is 10.0 Å². The number of aliphatic carboxylic acids is 1. The molecule has 0 aromatic heterocycles. The first-order chi connectivity index (χ1) is 7.59. The molecule has 16 heavy (non-hydrogen) atoms. The largest absolute Gasteiger partial charge is 0.481 e. The first kappa shape index (κ1) is 13.5. The summed E-state index contributed by atoms with van der Waals surface area (Å²) in [6.07, 6.45) is 4.80. The maximum Gasteiger partial charge on any atom is 0.303 e. The van der Waals surface area contributed by atoms with E-state index in [0.717, 1.165) is 31.2 Å². The molecule has 0 radical (unpaired) electrons. The van der Waals surface area contributed by atoms with Crippen LogP contribution in [0.2, 0.25) is 0 Å². The minimum Gasteiger partial charge on any atom is -0.481 e. The van der Waals surface area contributed by atoms with E-state index >= 15 is 0 Å². The van der Waals surface area contributed by atoms with Crippen molar-refractivity contribution < 1.29 is 9.90 Å². The van der Waals surface area contributed by atoms with Gasteiger partial charge in [-0.2, -0.15) is 0 Å². The van der Waals surface area contributed by atoms with Gasteiger partial charge in [0, 0.05) is 6.42 Å². The van der Waals surface area contributed by atoms with Crippen LogP contribution >= 0.6 is 0 Å². The third-order valence-electron chi connectivity index (χ3n) is 3.69. The molecule has 1 heterocycles. The van der Waals surface area contributed by atoms with E-state index in [2.05, 4.69) is 18.7 Å². The first-order valence-corrected chi connectivity index (χ1v) is 6.53. The summed E-state index contributed by atoms with van der Waals surface area (Å²) in [6.45, 7) is 8.12. The quantitative estimate of drug-likeness (QED) is 0.709. The smallest absolute Gasteiger partial charge is 0.303 e. The molecule has 1 aliphatic heterocycles. The number of piperidine rings is 1. The Kier molecular flexibility index (Phi) is 5.81. The molecule has 0 unspecified atom stereocenters. The SMILES string of the molecule is CC(C)C1CCN(CCCCC(=O)O)CC1. The van der Waals surface area contributed by atoms with Gasteiger partial charge in [0.1, 0.15) is 0 Å². The molecule has 1 fully saturated rings. The zero-order valence-corrected chi connectivity index (χ0v) is 10.6. The summed E-state index contributed by atoms with van der Waals surface area (Å²) in [4.78, 5) is 12.8. The van der Waals surface area contributed by atoms with Gasteiger partial charge in [0.15, 0.2) is 0 Å². The second-order valence-corrected chi connectivity index (χ2v) is 5.27. The molecule has 0 aliphatic carbocycles. The number of rotatable bonds is 6. The van der Waals surface area contributed by atoms with Gasteiger partial charge in [-0.15, -0.1) is 0 Å². The van der Waals surface area contributed by atoms with Crippen molar-refractivity contribution in [2.24, 2.45) is 11.8 Å². The number of carboxylic acids is 1. The Bertz CT molecular complexity index is 208. The molecule has 1 aliphatic rings. The lowest BCUT2D eigenvalue weighted by Crippen LogP contribution is -2.35. The molecule has 0 atom stereocenters. The molecule has 0 amide bonds. The topological polar surface area (TPSA) is 40.5 Å². The number of hydrogen-bond donors (Lipinski definition) is 1. The zero-order chi connectivity index (χ0) is 12.0. The maximum atomic E-state index is 10.4. The lowest BCUT2D eigenvalue weighted by atomic mass is 9.87. The van der Waals surface area contributed by atoms with Crippen molar-refractivity contribution in [2.45, 2.75) is 46.0 Å². The second kappa shape index (κ2) is 6.89. The predicted octanol–water partition coefficient (Wildman–Crippen LogP) is 2.61. The highest BCUT2D eigenvalue weighted by atomic mass is 16.4. The van der Waals surface area contributed by atoms with Gasteiger partial charge >= 0.3 is 5.97 Å². The molecule has 0 aromatic carbocycles. The summed E-state index contributed by atoms with van der Waals surface area (Å²) in [6, 6.07) is 0. The minimum absolute atomic E-state index is 0.322. The summed E-state index contributed by atoms with van der Waals surface area (Å²) in [5, 5.41) is 8.53. The van der Waals surface area contributed by atoms with E-state index in [9.17, 15) is 4.79 Å². The Morgan fingerprint density at radius 1 is 1.31 bits per heavy atom. The molecule has 94 valence electrons. The number of nitrogens with zero attached hydrogens (tertiary/aromatic N) is 1. The highest BCUT2D eigenvalue weighted by Gasteiger charge is 2.20. The van der Waals surface area contributed by atoms with E-state index < -0.39 is 5.97 Å². The van der Waals surface area contributed by atoms with Crippen LogP contribution in [0, 0.1) is 11.8 Å². The highest BCUT2D eigenvalue weighted by molar-refractivity contribution is 5.66. The average molecular weight is 227 g/mol. The number of hydrogen-bond acceptors (Lipinski definition) is 2. The summed E-state index contributed by atoms with van der Waals surface area (Å²) in [7, 11) is 0. The highest BCUT2D eigenvalue weighted by Crippen LogP contribution is 2.24. The number of unbranched alkanes of at least 4 members (excludes halogenated alkanes) is 1. The van der Waals surface area contributed by atoms with Crippen LogP contribution < -0.4 is 0 Å². The van der Waals surface area contributed by atoms with Gasteiger partial charge in [-0.05, 0) is 57.2 Å². The van der Waals surface area contributed by atoms with Gasteiger partial charge in [0.05, 0.1) is 0 Å². The molecule has 3 heteroatoms. The molecular formula is C13H25NO2. The molecular weight excluding hydrogens is 202 g/mol. The van der Waals surface area contributed by atoms with E-state index in [-0.39, 0.29) is 0 Å². The van der Waals surface area contributed by atoms with Gasteiger partial charge in [-0.3, -0.25) is 4.79 Å². The van der Waals surface area contributed by atoms with Crippen LogP contribution in [0.1, 0.15) is 46.0 Å². The van der Waals surface area contributed by atoms with Gasteiger partial charge in [0.25, 0.3) is 0 Å². The molecule has 0 spiro atoms. The third kappa shape index (κ3) is 4.97. The molecule has 1 rings (SSSR count). The molecule has 1 N–H and O–H groups in total. The van der Waals surface area contributed by atoms with E-state index in [1.54, 1.807) is 0 Å². The normalized spacial score (nSPS) is 19.2. The lowest BCUT2D eigenvalue weighted by molar-refractivity contribution is -0.137. The van der Waals surface area contributed by atoms with E-state index in [4.69, 9.17) is 5.11 Å².